The molecule has 2 rings (SSSR count). The zero-order valence-electron chi connectivity index (χ0n) is 15.0. The van der Waals surface area contributed by atoms with E-state index in [1.807, 2.05) is 0 Å². The van der Waals surface area contributed by atoms with E-state index >= 15 is 0 Å². The van der Waals surface area contributed by atoms with Crippen molar-refractivity contribution in [3.05, 3.63) is 64.7 Å². The van der Waals surface area contributed by atoms with Crippen LogP contribution in [-0.4, -0.2) is 44.2 Å². The van der Waals surface area contributed by atoms with Crippen LogP contribution in [0.25, 0.3) is 0 Å². The highest BCUT2D eigenvalue weighted by molar-refractivity contribution is 7.89. The summed E-state index contributed by atoms with van der Waals surface area (Å²) in [7, 11) is -3.60. The van der Waals surface area contributed by atoms with E-state index in [1.165, 1.54) is 28.6 Å². The number of ether oxygens (including phenoxy) is 1. The maximum absolute atomic E-state index is 12.4. The number of benzene rings is 2. The lowest BCUT2D eigenvalue weighted by Gasteiger charge is -2.18. The minimum atomic E-state index is -3.60. The van der Waals surface area contributed by atoms with E-state index in [4.69, 9.17) is 16.3 Å². The number of nitrogens with zero attached hydrogens (tertiary/aromatic N) is 1. The van der Waals surface area contributed by atoms with Crippen molar-refractivity contribution in [2.24, 2.45) is 0 Å². The summed E-state index contributed by atoms with van der Waals surface area (Å²) < 4.78 is 31.2. The van der Waals surface area contributed by atoms with E-state index in [0.29, 0.717) is 13.1 Å². The summed E-state index contributed by atoms with van der Waals surface area (Å²) in [6.07, 6.45) is 0. The first-order valence-corrected chi connectivity index (χ1v) is 10.2. The lowest BCUT2D eigenvalue weighted by atomic mass is 10.1. The predicted octanol–water partition coefficient (Wildman–Crippen LogP) is 3.41. The summed E-state index contributed by atoms with van der Waals surface area (Å²) in [5.74, 6) is -1.14. The van der Waals surface area contributed by atoms with Crippen molar-refractivity contribution in [3.63, 3.8) is 0 Å². The Labute approximate surface area is 163 Å². The molecule has 0 saturated carbocycles. The second-order valence-corrected chi connectivity index (χ2v) is 7.94. The molecule has 0 unspecified atom stereocenters. The largest absolute Gasteiger partial charge is 0.454 e. The number of carbonyl (C=O) groups excluding carboxylic acids is 2. The molecule has 6 nitrogen and oxygen atoms in total. The molecule has 0 aliphatic heterocycles. The van der Waals surface area contributed by atoms with E-state index in [0.717, 1.165) is 0 Å². The van der Waals surface area contributed by atoms with E-state index in [2.05, 4.69) is 0 Å². The van der Waals surface area contributed by atoms with Crippen LogP contribution < -0.4 is 0 Å². The van der Waals surface area contributed by atoms with Gasteiger partial charge in [0.05, 0.1) is 15.5 Å². The average molecular weight is 410 g/mol. The fourth-order valence-corrected chi connectivity index (χ4v) is 4.15. The minimum Gasteiger partial charge on any atom is -0.454 e. The van der Waals surface area contributed by atoms with Gasteiger partial charge in [0.1, 0.15) is 0 Å². The highest BCUT2D eigenvalue weighted by Gasteiger charge is 2.22. The average Bonchev–Trinajstić information content (AvgIpc) is 2.67. The normalized spacial score (nSPS) is 11.4. The Morgan fingerprint density at radius 1 is 1.00 bits per heavy atom. The molecule has 0 amide bonds. The van der Waals surface area contributed by atoms with Crippen LogP contribution in [0.3, 0.4) is 0 Å². The molecule has 0 aliphatic carbocycles. The van der Waals surface area contributed by atoms with E-state index in [9.17, 15) is 18.0 Å². The maximum Gasteiger partial charge on any atom is 0.338 e. The Hall–Kier alpha value is -2.22. The predicted molar refractivity (Wildman–Crippen MR) is 103 cm³/mol. The molecule has 0 N–H and O–H groups in total. The first kappa shape index (κ1) is 21.1. The number of carbonyl (C=O) groups is 2. The van der Waals surface area contributed by atoms with Crippen molar-refractivity contribution < 1.29 is 22.7 Å². The number of halogens is 1. The first-order valence-electron chi connectivity index (χ1n) is 8.36. The molecular formula is C19H20ClNO5S. The summed E-state index contributed by atoms with van der Waals surface area (Å²) in [5.41, 5.74) is 0.424. The van der Waals surface area contributed by atoms with Crippen LogP contribution in [0.4, 0.5) is 0 Å². The molecule has 0 aromatic heterocycles. The van der Waals surface area contributed by atoms with E-state index in [-0.39, 0.29) is 21.0 Å². The lowest BCUT2D eigenvalue weighted by Crippen LogP contribution is -2.30. The van der Waals surface area contributed by atoms with Crippen molar-refractivity contribution in [1.82, 2.24) is 4.31 Å². The molecule has 2 aromatic rings. The fraction of sp³-hybridized carbons (Fsp3) is 0.263. The SMILES string of the molecule is CCN(CC)S(=O)(=O)c1ccc(C(=O)OCC(=O)c2ccccc2Cl)cc1. The van der Waals surface area contributed by atoms with Gasteiger partial charge >= 0.3 is 5.97 Å². The smallest absolute Gasteiger partial charge is 0.338 e. The number of sulfonamides is 1. The standard InChI is InChI=1S/C19H20ClNO5S/c1-3-21(4-2)27(24,25)15-11-9-14(10-12-15)19(23)26-13-18(22)16-7-5-6-8-17(16)20/h5-12H,3-4,13H2,1-2H3. The Balaban J connectivity index is 2.06. The van der Waals surface area contributed by atoms with Crippen molar-refractivity contribution in [3.8, 4) is 0 Å². The molecule has 0 radical (unpaired) electrons. The van der Waals surface area contributed by atoms with Gasteiger partial charge in [0.25, 0.3) is 0 Å². The Morgan fingerprint density at radius 3 is 2.15 bits per heavy atom. The van der Waals surface area contributed by atoms with Gasteiger partial charge in [-0.15, -0.1) is 0 Å². The molecule has 0 fully saturated rings. The molecule has 0 saturated heterocycles. The number of hydrogen-bond acceptors (Lipinski definition) is 5. The zero-order valence-corrected chi connectivity index (χ0v) is 16.6. The number of esters is 1. The monoisotopic (exact) mass is 409 g/mol. The Bertz CT molecular complexity index is 921. The van der Waals surface area contributed by atoms with Gasteiger partial charge in [0.15, 0.2) is 6.61 Å². The molecule has 0 aliphatic rings. The summed E-state index contributed by atoms with van der Waals surface area (Å²) in [6.45, 7) is 3.76. The molecule has 0 bridgehead atoms. The second-order valence-electron chi connectivity index (χ2n) is 5.59. The lowest BCUT2D eigenvalue weighted by molar-refractivity contribution is 0.0474. The topological polar surface area (TPSA) is 80.8 Å². The van der Waals surface area contributed by atoms with Crippen LogP contribution >= 0.6 is 11.6 Å². The van der Waals surface area contributed by atoms with Crippen LogP contribution in [0.15, 0.2) is 53.4 Å². The third-order valence-electron chi connectivity index (χ3n) is 3.94. The number of hydrogen-bond donors (Lipinski definition) is 0. The zero-order chi connectivity index (χ0) is 20.0. The van der Waals surface area contributed by atoms with Gasteiger partial charge in [0, 0.05) is 18.7 Å². The van der Waals surface area contributed by atoms with E-state index in [1.54, 1.807) is 38.1 Å². The van der Waals surface area contributed by atoms with Crippen molar-refractivity contribution in [1.29, 1.82) is 0 Å². The molecule has 0 atom stereocenters. The Morgan fingerprint density at radius 2 is 1.59 bits per heavy atom. The van der Waals surface area contributed by atoms with Gasteiger partial charge in [-0.05, 0) is 36.4 Å². The summed E-state index contributed by atoms with van der Waals surface area (Å²) >= 11 is 5.94. The highest BCUT2D eigenvalue weighted by Crippen LogP contribution is 2.18. The van der Waals surface area contributed by atoms with Crippen molar-refractivity contribution >= 4 is 33.4 Å². The van der Waals surface area contributed by atoms with Gasteiger partial charge < -0.3 is 4.74 Å². The van der Waals surface area contributed by atoms with Gasteiger partial charge in [-0.25, -0.2) is 13.2 Å². The van der Waals surface area contributed by atoms with Gasteiger partial charge in [0.2, 0.25) is 15.8 Å². The van der Waals surface area contributed by atoms with Crippen molar-refractivity contribution in [2.45, 2.75) is 18.7 Å². The van der Waals surface area contributed by atoms with Gasteiger partial charge in [-0.1, -0.05) is 37.6 Å². The van der Waals surface area contributed by atoms with Gasteiger partial charge in [-0.3, -0.25) is 4.79 Å². The third-order valence-corrected chi connectivity index (χ3v) is 6.34. The number of Topliss-reactive ketones (excluding diaryl/α,β-unsaturated/α-hetero) is 1. The van der Waals surface area contributed by atoms with Crippen LogP contribution in [0, 0.1) is 0 Å². The number of rotatable bonds is 8. The molecule has 0 heterocycles. The van der Waals surface area contributed by atoms with E-state index < -0.39 is 28.4 Å². The van der Waals surface area contributed by atoms with Crippen LogP contribution in [-0.2, 0) is 14.8 Å². The minimum absolute atomic E-state index is 0.0925. The fourth-order valence-electron chi connectivity index (χ4n) is 2.46. The van der Waals surface area contributed by atoms with Crippen molar-refractivity contribution in [2.75, 3.05) is 19.7 Å². The molecule has 0 spiro atoms. The second kappa shape index (κ2) is 9.12. The Kier molecular flexibility index (Phi) is 7.12. The maximum atomic E-state index is 12.4. The summed E-state index contributed by atoms with van der Waals surface area (Å²) in [4.78, 5) is 24.3. The van der Waals surface area contributed by atoms with Crippen LogP contribution in [0.5, 0.6) is 0 Å². The summed E-state index contributed by atoms with van der Waals surface area (Å²) in [6, 6.07) is 11.9. The first-order chi connectivity index (χ1) is 12.8. The molecule has 2 aromatic carbocycles. The summed E-state index contributed by atoms with van der Waals surface area (Å²) in [5, 5.41) is 0.282. The molecular weight excluding hydrogens is 390 g/mol. The highest BCUT2D eigenvalue weighted by atomic mass is 35.5. The van der Waals surface area contributed by atoms with Gasteiger partial charge in [-0.2, -0.15) is 4.31 Å². The molecule has 8 heteroatoms. The molecule has 144 valence electrons. The molecule has 27 heavy (non-hydrogen) atoms. The number of ketones is 1. The van der Waals surface area contributed by atoms with Crippen LogP contribution in [0.2, 0.25) is 5.02 Å². The van der Waals surface area contributed by atoms with Crippen LogP contribution in [0.1, 0.15) is 34.6 Å². The quantitative estimate of drug-likeness (QED) is 0.493. The third kappa shape index (κ3) is 4.94.